The molecule has 0 aliphatic rings. The zero-order valence-electron chi connectivity index (χ0n) is 14.1. The number of hydrogen-bond acceptors (Lipinski definition) is 5. The Labute approximate surface area is 171 Å². The third-order valence-electron chi connectivity index (χ3n) is 3.33. The van der Waals surface area contributed by atoms with Crippen LogP contribution in [0.5, 0.6) is 0 Å². The fraction of sp³-hybridized carbons (Fsp3) is 0.111. The average Bonchev–Trinajstić information content (AvgIpc) is 2.61. The number of aryl methyl sites for hydroxylation is 1. The minimum Gasteiger partial charge on any atom is -0.452 e. The number of para-hydroxylation sites is 1. The number of nitro benzene ring substituents is 1. The molecule has 9 heteroatoms. The van der Waals surface area contributed by atoms with Gasteiger partial charge in [-0.1, -0.05) is 12.1 Å². The molecule has 0 aromatic heterocycles. The smallest absolute Gasteiger partial charge is 0.331 e. The van der Waals surface area contributed by atoms with E-state index in [0.29, 0.717) is 14.6 Å². The molecular weight excluding hydrogens is 484 g/mol. The standard InChI is InChI=1S/C18H14Br2N2O5/c1-11-8-13(19)18(14(20)9-11)21-16(23)10-27-17(24)7-6-12-4-2-3-5-15(12)22(25)26/h2-9H,10H2,1H3,(H,21,23)/b7-6+. The number of carbonyl (C=O) groups is 2. The van der Waals surface area contributed by atoms with Gasteiger partial charge >= 0.3 is 5.97 Å². The topological polar surface area (TPSA) is 98.5 Å². The highest BCUT2D eigenvalue weighted by Gasteiger charge is 2.13. The van der Waals surface area contributed by atoms with Crippen molar-refractivity contribution in [1.29, 1.82) is 0 Å². The lowest BCUT2D eigenvalue weighted by Gasteiger charge is -2.10. The van der Waals surface area contributed by atoms with Crippen LogP contribution in [0.15, 0.2) is 51.4 Å². The van der Waals surface area contributed by atoms with Gasteiger partial charge in [0.15, 0.2) is 6.61 Å². The van der Waals surface area contributed by atoms with Gasteiger partial charge < -0.3 is 10.1 Å². The molecule has 0 heterocycles. The van der Waals surface area contributed by atoms with E-state index < -0.39 is 23.4 Å². The van der Waals surface area contributed by atoms with Crippen LogP contribution in [0.4, 0.5) is 11.4 Å². The van der Waals surface area contributed by atoms with Crippen molar-refractivity contribution in [2.45, 2.75) is 6.92 Å². The minimum absolute atomic E-state index is 0.131. The van der Waals surface area contributed by atoms with E-state index in [4.69, 9.17) is 4.74 Å². The third kappa shape index (κ3) is 6.00. The van der Waals surface area contributed by atoms with Gasteiger partial charge in [0.25, 0.3) is 11.6 Å². The summed E-state index contributed by atoms with van der Waals surface area (Å²) in [6, 6.07) is 9.64. The summed E-state index contributed by atoms with van der Waals surface area (Å²) in [5.41, 5.74) is 1.65. The van der Waals surface area contributed by atoms with Crippen LogP contribution in [-0.2, 0) is 14.3 Å². The molecule has 0 atom stereocenters. The number of carbonyl (C=O) groups excluding carboxylic acids is 2. The van der Waals surface area contributed by atoms with Crippen LogP contribution in [-0.4, -0.2) is 23.4 Å². The Morgan fingerprint density at radius 1 is 1.22 bits per heavy atom. The highest BCUT2D eigenvalue weighted by molar-refractivity contribution is 9.11. The number of nitrogens with one attached hydrogen (secondary N) is 1. The zero-order chi connectivity index (χ0) is 20.0. The highest BCUT2D eigenvalue weighted by Crippen LogP contribution is 2.32. The predicted octanol–water partition coefficient (Wildman–Crippen LogP) is 4.62. The molecule has 0 aliphatic heterocycles. The lowest BCUT2D eigenvalue weighted by Crippen LogP contribution is -2.20. The molecule has 0 saturated carbocycles. The molecule has 0 saturated heterocycles. The van der Waals surface area contributed by atoms with E-state index in [1.165, 1.54) is 24.3 Å². The number of ether oxygens (including phenoxy) is 1. The first-order valence-corrected chi connectivity index (χ1v) is 9.20. The number of hydrogen-bond donors (Lipinski definition) is 1. The van der Waals surface area contributed by atoms with Gasteiger partial charge in [0, 0.05) is 21.1 Å². The third-order valence-corrected chi connectivity index (χ3v) is 4.58. The Morgan fingerprint density at radius 3 is 2.48 bits per heavy atom. The molecule has 2 aromatic rings. The number of halogens is 2. The lowest BCUT2D eigenvalue weighted by atomic mass is 10.1. The van der Waals surface area contributed by atoms with Crippen molar-refractivity contribution in [1.82, 2.24) is 0 Å². The molecule has 2 rings (SSSR count). The molecule has 140 valence electrons. The van der Waals surface area contributed by atoms with E-state index in [2.05, 4.69) is 37.2 Å². The molecule has 0 fully saturated rings. The summed E-state index contributed by atoms with van der Waals surface area (Å²) >= 11 is 6.71. The number of amides is 1. The van der Waals surface area contributed by atoms with Crippen molar-refractivity contribution in [2.75, 3.05) is 11.9 Å². The first kappa shape index (κ1) is 20.8. The van der Waals surface area contributed by atoms with Crippen molar-refractivity contribution in [3.8, 4) is 0 Å². The van der Waals surface area contributed by atoms with Gasteiger partial charge in [0.1, 0.15) is 0 Å². The molecule has 0 aliphatic carbocycles. The van der Waals surface area contributed by atoms with Gasteiger partial charge in [-0.05, 0) is 68.6 Å². The van der Waals surface area contributed by atoms with Crippen LogP contribution in [0.1, 0.15) is 11.1 Å². The van der Waals surface area contributed by atoms with Crippen molar-refractivity contribution < 1.29 is 19.2 Å². The van der Waals surface area contributed by atoms with E-state index in [0.717, 1.165) is 11.6 Å². The fourth-order valence-corrected chi connectivity index (χ4v) is 3.75. The van der Waals surface area contributed by atoms with Crippen molar-refractivity contribution in [3.63, 3.8) is 0 Å². The van der Waals surface area contributed by atoms with Gasteiger partial charge in [0.05, 0.1) is 16.2 Å². The van der Waals surface area contributed by atoms with Crippen LogP contribution in [0.3, 0.4) is 0 Å². The largest absolute Gasteiger partial charge is 0.452 e. The minimum atomic E-state index is -0.787. The second-order valence-corrected chi connectivity index (χ2v) is 7.12. The zero-order valence-corrected chi connectivity index (χ0v) is 17.2. The molecule has 2 aromatic carbocycles. The van der Waals surface area contributed by atoms with E-state index in [1.54, 1.807) is 6.07 Å². The quantitative estimate of drug-likeness (QED) is 0.271. The second kappa shape index (κ2) is 9.43. The van der Waals surface area contributed by atoms with Crippen LogP contribution in [0, 0.1) is 17.0 Å². The van der Waals surface area contributed by atoms with Crippen LogP contribution in [0.25, 0.3) is 6.08 Å². The van der Waals surface area contributed by atoms with Crippen molar-refractivity contribution >= 4 is 61.2 Å². The normalized spacial score (nSPS) is 10.6. The number of esters is 1. The predicted molar refractivity (Wildman–Crippen MR) is 108 cm³/mol. The first-order chi connectivity index (χ1) is 12.8. The summed E-state index contributed by atoms with van der Waals surface area (Å²) in [6.45, 7) is 1.42. The van der Waals surface area contributed by atoms with Crippen LogP contribution in [0.2, 0.25) is 0 Å². The summed E-state index contributed by atoms with van der Waals surface area (Å²) in [4.78, 5) is 34.1. The average molecular weight is 498 g/mol. The summed E-state index contributed by atoms with van der Waals surface area (Å²) in [6.07, 6.45) is 2.30. The van der Waals surface area contributed by atoms with E-state index in [-0.39, 0.29) is 11.3 Å². The number of benzene rings is 2. The Bertz CT molecular complexity index is 905. The van der Waals surface area contributed by atoms with Gasteiger partial charge in [-0.25, -0.2) is 4.79 Å². The number of nitro groups is 1. The van der Waals surface area contributed by atoms with E-state index in [1.807, 2.05) is 19.1 Å². The maximum atomic E-state index is 12.0. The van der Waals surface area contributed by atoms with E-state index in [9.17, 15) is 19.7 Å². The van der Waals surface area contributed by atoms with Gasteiger partial charge in [-0.3, -0.25) is 14.9 Å². The molecule has 0 bridgehead atoms. The molecule has 1 amide bonds. The molecule has 1 N–H and O–H groups in total. The highest BCUT2D eigenvalue weighted by atomic mass is 79.9. The SMILES string of the molecule is Cc1cc(Br)c(NC(=O)COC(=O)/C=C/c2ccccc2[N+](=O)[O-])c(Br)c1. The molecule has 27 heavy (non-hydrogen) atoms. The Kier molecular flexibility index (Phi) is 7.26. The Morgan fingerprint density at radius 2 is 1.85 bits per heavy atom. The number of anilines is 1. The number of nitrogens with zero attached hydrogens (tertiary/aromatic N) is 1. The second-order valence-electron chi connectivity index (χ2n) is 5.41. The lowest BCUT2D eigenvalue weighted by molar-refractivity contribution is -0.385. The van der Waals surface area contributed by atoms with Gasteiger partial charge in [-0.2, -0.15) is 0 Å². The van der Waals surface area contributed by atoms with Crippen LogP contribution < -0.4 is 5.32 Å². The van der Waals surface area contributed by atoms with Crippen LogP contribution >= 0.6 is 31.9 Å². The summed E-state index contributed by atoms with van der Waals surface area (Å²) in [5, 5.41) is 13.6. The molecular formula is C18H14Br2N2O5. The van der Waals surface area contributed by atoms with Crippen molar-refractivity contribution in [3.05, 3.63) is 72.7 Å². The first-order valence-electron chi connectivity index (χ1n) is 7.61. The Balaban J connectivity index is 1.94. The maximum Gasteiger partial charge on any atom is 0.331 e. The maximum absolute atomic E-state index is 12.0. The molecule has 0 radical (unpaired) electrons. The monoisotopic (exact) mass is 496 g/mol. The van der Waals surface area contributed by atoms with E-state index >= 15 is 0 Å². The molecule has 0 unspecified atom stereocenters. The van der Waals surface area contributed by atoms with Gasteiger partial charge in [0.2, 0.25) is 0 Å². The van der Waals surface area contributed by atoms with Crippen molar-refractivity contribution in [2.24, 2.45) is 0 Å². The number of rotatable bonds is 6. The molecule has 7 nitrogen and oxygen atoms in total. The summed E-state index contributed by atoms with van der Waals surface area (Å²) in [7, 11) is 0. The molecule has 0 spiro atoms. The Hall–Kier alpha value is -2.52. The summed E-state index contributed by atoms with van der Waals surface area (Å²) < 4.78 is 6.23. The van der Waals surface area contributed by atoms with Gasteiger partial charge in [-0.15, -0.1) is 0 Å². The summed E-state index contributed by atoms with van der Waals surface area (Å²) in [5.74, 6) is -1.31. The fourth-order valence-electron chi connectivity index (χ4n) is 2.13.